The minimum Gasteiger partial charge on any atom is -0.508 e. The van der Waals surface area contributed by atoms with E-state index in [1.165, 1.54) is 38.1 Å². The molecule has 0 saturated heterocycles. The van der Waals surface area contributed by atoms with Crippen molar-refractivity contribution in [3.8, 4) is 5.75 Å². The molecule has 0 saturated carbocycles. The molecule has 4 atom stereocenters. The maximum Gasteiger partial charge on any atom is 0.349 e. The van der Waals surface area contributed by atoms with Crippen molar-refractivity contribution in [3.05, 3.63) is 29.8 Å². The molecule has 2 unspecified atom stereocenters. The van der Waals surface area contributed by atoms with Crippen molar-refractivity contribution in [1.82, 2.24) is 5.32 Å². The number of rotatable bonds is 8. The third-order valence-electron chi connectivity index (χ3n) is 2.96. The quantitative estimate of drug-likeness (QED) is 0.445. The summed E-state index contributed by atoms with van der Waals surface area (Å²) in [4.78, 5) is 21.2. The smallest absolute Gasteiger partial charge is 0.349 e. The van der Waals surface area contributed by atoms with E-state index in [-0.39, 0.29) is 17.9 Å². The summed E-state index contributed by atoms with van der Waals surface area (Å²) in [5, 5.41) is 30.9. The number of aromatic hydroxyl groups is 1. The maximum atomic E-state index is 12.3. The summed E-state index contributed by atoms with van der Waals surface area (Å²) in [5.74, 6) is -3.18. The Balaban J connectivity index is 3.26. The van der Waals surface area contributed by atoms with Crippen molar-refractivity contribution >= 4 is 13.6 Å². The van der Waals surface area contributed by atoms with Gasteiger partial charge in [-0.1, -0.05) is 18.2 Å². The first-order chi connectivity index (χ1) is 10.2. The molecule has 124 valence electrons. The summed E-state index contributed by atoms with van der Waals surface area (Å²) >= 11 is 0. The number of para-hydroxylation sites is 1. The summed E-state index contributed by atoms with van der Waals surface area (Å²) in [6.45, 7) is 2.66. The van der Waals surface area contributed by atoms with Crippen LogP contribution in [0, 0.1) is 0 Å². The third kappa shape index (κ3) is 4.53. The van der Waals surface area contributed by atoms with E-state index < -0.39 is 31.5 Å². The number of aliphatic carboxylic acids is 1. The van der Waals surface area contributed by atoms with Crippen molar-refractivity contribution in [1.29, 1.82) is 0 Å². The van der Waals surface area contributed by atoms with Crippen molar-refractivity contribution in [2.75, 3.05) is 6.61 Å². The number of carbonyl (C=O) groups is 1. The molecular weight excluding hydrogens is 313 g/mol. The first-order valence-corrected chi connectivity index (χ1v) is 8.27. The van der Waals surface area contributed by atoms with Crippen molar-refractivity contribution < 1.29 is 34.1 Å². The van der Waals surface area contributed by atoms with Gasteiger partial charge in [-0.05, 0) is 19.9 Å². The number of phenolic OH excluding ortho intramolecular Hbond substituents is 1. The average molecular weight is 333 g/mol. The van der Waals surface area contributed by atoms with Crippen molar-refractivity contribution in [2.45, 2.75) is 31.8 Å². The minimum atomic E-state index is -4.33. The summed E-state index contributed by atoms with van der Waals surface area (Å²) in [7, 11) is -4.33. The van der Waals surface area contributed by atoms with E-state index in [2.05, 4.69) is 5.32 Å². The van der Waals surface area contributed by atoms with Crippen LogP contribution in [0.5, 0.6) is 5.75 Å². The molecule has 0 spiro atoms. The molecule has 9 heteroatoms. The van der Waals surface area contributed by atoms with Crippen LogP contribution in [0.2, 0.25) is 0 Å². The molecule has 5 N–H and O–H groups in total. The molecule has 0 heterocycles. The Bertz CT molecular complexity index is 563. The molecule has 0 aliphatic carbocycles. The topological polar surface area (TPSA) is 136 Å². The second-order valence-electron chi connectivity index (χ2n) is 4.67. The molecule has 0 aliphatic rings. The van der Waals surface area contributed by atoms with Crippen LogP contribution in [0.1, 0.15) is 25.2 Å². The van der Waals surface area contributed by atoms with Gasteiger partial charge in [0.2, 0.25) is 0 Å². The van der Waals surface area contributed by atoms with E-state index in [0.29, 0.717) is 0 Å². The molecule has 1 aromatic rings. The van der Waals surface area contributed by atoms with Crippen LogP contribution in [0.3, 0.4) is 0 Å². The summed E-state index contributed by atoms with van der Waals surface area (Å²) in [6, 6.07) is 4.20. The molecule has 0 aliphatic heterocycles. The zero-order valence-electron chi connectivity index (χ0n) is 12.2. The van der Waals surface area contributed by atoms with E-state index in [0.717, 1.165) is 0 Å². The summed E-state index contributed by atoms with van der Waals surface area (Å²) in [5.41, 5.74) is 0.00804. The number of phenols is 1. The van der Waals surface area contributed by atoms with Crippen molar-refractivity contribution in [2.24, 2.45) is 0 Å². The number of hydrogen-bond acceptors (Lipinski definition) is 6. The molecule has 1 rings (SSSR count). The van der Waals surface area contributed by atoms with E-state index in [4.69, 9.17) is 9.63 Å². The van der Waals surface area contributed by atoms with Gasteiger partial charge in [-0.15, -0.1) is 0 Å². The minimum absolute atomic E-state index is 0.00804. The molecular formula is C13H20NO7P. The van der Waals surface area contributed by atoms with Gasteiger partial charge in [0.15, 0.2) is 0 Å². The largest absolute Gasteiger partial charge is 0.508 e. The van der Waals surface area contributed by atoms with Crippen LogP contribution in [-0.4, -0.2) is 44.9 Å². The number of aliphatic hydroxyl groups excluding tert-OH is 1. The fourth-order valence-electron chi connectivity index (χ4n) is 1.92. The Hall–Kier alpha value is -1.44. The molecule has 8 nitrogen and oxygen atoms in total. The van der Waals surface area contributed by atoms with Crippen molar-refractivity contribution in [3.63, 3.8) is 0 Å². The monoisotopic (exact) mass is 333 g/mol. The molecule has 0 radical (unpaired) electrons. The standard InChI is InChI=1S/C13H20NO7P/c1-3-21-22(19,20)12(9-6-4-5-7-10(9)16)14-11(8(2)15)13(17)18/h4-8,11-12,14-16H,3H2,1-2H3,(H,17,18)(H,19,20)/t8-,11+,12?/m1/s1. The first kappa shape index (κ1) is 18.6. The van der Waals surface area contributed by atoms with Gasteiger partial charge in [-0.3, -0.25) is 14.7 Å². The lowest BCUT2D eigenvalue weighted by molar-refractivity contribution is -0.142. The van der Waals surface area contributed by atoms with E-state index in [1.54, 1.807) is 0 Å². The molecule has 0 amide bonds. The lowest BCUT2D eigenvalue weighted by atomic mass is 10.1. The van der Waals surface area contributed by atoms with Gasteiger partial charge in [-0.25, -0.2) is 0 Å². The number of benzene rings is 1. The third-order valence-corrected chi connectivity index (χ3v) is 4.67. The lowest BCUT2D eigenvalue weighted by Gasteiger charge is -2.28. The Morgan fingerprint density at radius 3 is 2.45 bits per heavy atom. The zero-order chi connectivity index (χ0) is 16.9. The second-order valence-corrected chi connectivity index (χ2v) is 6.57. The van der Waals surface area contributed by atoms with Gasteiger partial charge in [0.05, 0.1) is 12.7 Å². The predicted molar refractivity (Wildman–Crippen MR) is 78.5 cm³/mol. The Morgan fingerprint density at radius 1 is 1.41 bits per heavy atom. The maximum absolute atomic E-state index is 12.3. The number of carboxylic acid groups (broad SMARTS) is 1. The summed E-state index contributed by atoms with van der Waals surface area (Å²) < 4.78 is 17.2. The fraction of sp³-hybridized carbons (Fsp3) is 0.462. The fourth-order valence-corrected chi connectivity index (χ4v) is 3.36. The van der Waals surface area contributed by atoms with E-state index >= 15 is 0 Å². The Morgan fingerprint density at radius 2 is 2.00 bits per heavy atom. The highest BCUT2D eigenvalue weighted by atomic mass is 31.2. The van der Waals surface area contributed by atoms with E-state index in [1.807, 2.05) is 0 Å². The Labute approximate surface area is 127 Å². The van der Waals surface area contributed by atoms with Gasteiger partial charge in [-0.2, -0.15) is 0 Å². The van der Waals surface area contributed by atoms with Gasteiger partial charge < -0.3 is 24.7 Å². The SMILES string of the molecule is CCOP(=O)(O)C(N[C@H](C(=O)O)[C@@H](C)O)c1ccccc1O. The van der Waals surface area contributed by atoms with Crippen LogP contribution < -0.4 is 5.32 Å². The number of nitrogens with one attached hydrogen (secondary N) is 1. The predicted octanol–water partition coefficient (Wildman–Crippen LogP) is 1.04. The lowest BCUT2D eigenvalue weighted by Crippen LogP contribution is -2.46. The molecule has 22 heavy (non-hydrogen) atoms. The van der Waals surface area contributed by atoms with Gasteiger partial charge in [0.1, 0.15) is 17.6 Å². The zero-order valence-corrected chi connectivity index (χ0v) is 13.1. The molecule has 0 bridgehead atoms. The Kier molecular flexibility index (Phi) is 6.52. The molecule has 0 aromatic heterocycles. The highest BCUT2D eigenvalue weighted by Gasteiger charge is 2.39. The van der Waals surface area contributed by atoms with Crippen LogP contribution in [-0.2, 0) is 13.9 Å². The highest BCUT2D eigenvalue weighted by Crippen LogP contribution is 2.56. The highest BCUT2D eigenvalue weighted by molar-refractivity contribution is 7.53. The summed E-state index contributed by atoms with van der Waals surface area (Å²) in [6.07, 6.45) is -1.33. The first-order valence-electron chi connectivity index (χ1n) is 6.62. The average Bonchev–Trinajstić information content (AvgIpc) is 2.39. The van der Waals surface area contributed by atoms with Crippen LogP contribution >= 0.6 is 7.60 Å². The second kappa shape index (κ2) is 7.71. The number of carboxylic acids is 1. The van der Waals surface area contributed by atoms with Gasteiger partial charge in [0, 0.05) is 5.56 Å². The number of hydrogen-bond donors (Lipinski definition) is 5. The van der Waals surface area contributed by atoms with Crippen LogP contribution in [0.25, 0.3) is 0 Å². The van der Waals surface area contributed by atoms with Crippen LogP contribution in [0.4, 0.5) is 0 Å². The van der Waals surface area contributed by atoms with E-state index in [9.17, 15) is 24.5 Å². The van der Waals surface area contributed by atoms with Crippen LogP contribution in [0.15, 0.2) is 24.3 Å². The van der Waals surface area contributed by atoms with Gasteiger partial charge in [0.25, 0.3) is 0 Å². The van der Waals surface area contributed by atoms with Gasteiger partial charge >= 0.3 is 13.6 Å². The number of aliphatic hydroxyl groups is 1. The normalized spacial score (nSPS) is 18.2. The molecule has 1 aromatic carbocycles. The molecule has 0 fully saturated rings.